The van der Waals surface area contributed by atoms with E-state index < -0.39 is 16.8 Å². The van der Waals surface area contributed by atoms with Crippen molar-refractivity contribution in [2.24, 2.45) is 0 Å². The number of rotatable bonds is 5. The van der Waals surface area contributed by atoms with Crippen LogP contribution in [0.2, 0.25) is 0 Å². The molecule has 2 rings (SSSR count). The summed E-state index contributed by atoms with van der Waals surface area (Å²) < 4.78 is 0. The summed E-state index contributed by atoms with van der Waals surface area (Å²) in [5.74, 6) is -1.75. The van der Waals surface area contributed by atoms with Crippen molar-refractivity contribution < 1.29 is 19.6 Å². The van der Waals surface area contributed by atoms with Crippen molar-refractivity contribution in [2.75, 3.05) is 5.32 Å². The monoisotopic (exact) mass is 312 g/mol. The van der Waals surface area contributed by atoms with Crippen molar-refractivity contribution in [1.82, 2.24) is 0 Å². The van der Waals surface area contributed by atoms with Crippen LogP contribution in [0, 0.1) is 10.1 Å². The predicted octanol–water partition coefficient (Wildman–Crippen LogP) is 2.94. The van der Waals surface area contributed by atoms with E-state index in [1.54, 1.807) is 18.2 Å². The first kappa shape index (κ1) is 15.9. The number of amides is 1. The van der Waals surface area contributed by atoms with Crippen LogP contribution >= 0.6 is 0 Å². The van der Waals surface area contributed by atoms with Gasteiger partial charge in [-0.1, -0.05) is 24.3 Å². The summed E-state index contributed by atoms with van der Waals surface area (Å²) >= 11 is 0. The fourth-order valence-electron chi connectivity index (χ4n) is 1.91. The van der Waals surface area contributed by atoms with Gasteiger partial charge in [-0.2, -0.15) is 0 Å². The zero-order valence-corrected chi connectivity index (χ0v) is 11.8. The van der Waals surface area contributed by atoms with Crippen molar-refractivity contribution in [2.45, 2.75) is 0 Å². The van der Waals surface area contributed by atoms with E-state index in [1.807, 2.05) is 0 Å². The number of anilines is 1. The number of carboxylic acid groups (broad SMARTS) is 1. The van der Waals surface area contributed by atoms with Gasteiger partial charge in [0.05, 0.1) is 21.7 Å². The maximum Gasteiger partial charge on any atom is 0.337 e. The Morgan fingerprint density at radius 3 is 2.43 bits per heavy atom. The first-order chi connectivity index (χ1) is 11.0. The number of para-hydroxylation sites is 2. The minimum atomic E-state index is -1.16. The Morgan fingerprint density at radius 2 is 1.74 bits per heavy atom. The van der Waals surface area contributed by atoms with Gasteiger partial charge in [-0.3, -0.25) is 14.9 Å². The first-order valence-electron chi connectivity index (χ1n) is 6.54. The van der Waals surface area contributed by atoms with Gasteiger partial charge >= 0.3 is 5.97 Å². The Kier molecular flexibility index (Phi) is 4.83. The molecule has 0 atom stereocenters. The molecule has 0 spiro atoms. The minimum absolute atomic E-state index is 0.0417. The highest BCUT2D eigenvalue weighted by Gasteiger charge is 2.12. The molecule has 0 aliphatic rings. The number of benzene rings is 2. The third-order valence-electron chi connectivity index (χ3n) is 2.96. The van der Waals surface area contributed by atoms with E-state index in [9.17, 15) is 19.7 Å². The number of carboxylic acids is 1. The number of hydrogen-bond acceptors (Lipinski definition) is 4. The summed E-state index contributed by atoms with van der Waals surface area (Å²) in [4.78, 5) is 33.3. The van der Waals surface area contributed by atoms with Crippen LogP contribution in [0.1, 0.15) is 15.9 Å². The summed E-state index contributed by atoms with van der Waals surface area (Å²) in [6.45, 7) is 0. The molecule has 1 amide bonds. The fourth-order valence-corrected chi connectivity index (χ4v) is 1.91. The molecule has 0 aromatic heterocycles. The quantitative estimate of drug-likeness (QED) is 0.501. The highest BCUT2D eigenvalue weighted by Crippen LogP contribution is 2.19. The second-order valence-electron chi connectivity index (χ2n) is 4.49. The lowest BCUT2D eigenvalue weighted by molar-refractivity contribution is -0.385. The topological polar surface area (TPSA) is 110 Å². The molecule has 0 radical (unpaired) electrons. The molecule has 0 saturated carbocycles. The molecule has 23 heavy (non-hydrogen) atoms. The van der Waals surface area contributed by atoms with Gasteiger partial charge in [0.1, 0.15) is 0 Å². The summed E-state index contributed by atoms with van der Waals surface area (Å²) in [5.41, 5.74) is 0.263. The lowest BCUT2D eigenvalue weighted by atomic mass is 10.1. The minimum Gasteiger partial charge on any atom is -0.478 e. The molecule has 7 heteroatoms. The Hall–Kier alpha value is -3.48. The molecule has 0 bridgehead atoms. The highest BCUT2D eigenvalue weighted by atomic mass is 16.6. The molecule has 7 nitrogen and oxygen atoms in total. The summed E-state index contributed by atoms with van der Waals surface area (Å²) in [6.07, 6.45) is 2.41. The van der Waals surface area contributed by atoms with Gasteiger partial charge in [0.2, 0.25) is 5.91 Å². The van der Waals surface area contributed by atoms with E-state index in [0.29, 0.717) is 0 Å². The number of aromatic carboxylic acids is 1. The van der Waals surface area contributed by atoms with Gasteiger partial charge in [0, 0.05) is 12.1 Å². The Bertz CT molecular complexity index is 799. The fraction of sp³-hybridized carbons (Fsp3) is 0. The summed E-state index contributed by atoms with van der Waals surface area (Å²) in [7, 11) is 0. The molecule has 2 N–H and O–H groups in total. The van der Waals surface area contributed by atoms with Crippen LogP contribution < -0.4 is 5.32 Å². The smallest absolute Gasteiger partial charge is 0.337 e. The Morgan fingerprint density at radius 1 is 1.09 bits per heavy atom. The number of nitrogens with zero attached hydrogens (tertiary/aromatic N) is 1. The van der Waals surface area contributed by atoms with E-state index in [2.05, 4.69) is 5.32 Å². The van der Waals surface area contributed by atoms with Crippen LogP contribution in [0.4, 0.5) is 11.4 Å². The summed E-state index contributed by atoms with van der Waals surface area (Å²) in [5, 5.41) is 22.4. The third-order valence-corrected chi connectivity index (χ3v) is 2.96. The second kappa shape index (κ2) is 6.99. The predicted molar refractivity (Wildman–Crippen MR) is 84.2 cm³/mol. The summed E-state index contributed by atoms with van der Waals surface area (Å²) in [6, 6.07) is 11.9. The lowest BCUT2D eigenvalue weighted by Crippen LogP contribution is -2.11. The van der Waals surface area contributed by atoms with Crippen LogP contribution in [0.3, 0.4) is 0 Å². The van der Waals surface area contributed by atoms with Crippen molar-refractivity contribution >= 4 is 29.3 Å². The van der Waals surface area contributed by atoms with Crippen LogP contribution in [-0.4, -0.2) is 21.9 Å². The van der Waals surface area contributed by atoms with Crippen molar-refractivity contribution in [3.05, 3.63) is 75.8 Å². The van der Waals surface area contributed by atoms with Crippen molar-refractivity contribution in [3.8, 4) is 0 Å². The average molecular weight is 312 g/mol. The molecule has 116 valence electrons. The van der Waals surface area contributed by atoms with Crippen LogP contribution in [-0.2, 0) is 4.79 Å². The molecular formula is C16H12N2O5. The van der Waals surface area contributed by atoms with Crippen LogP contribution in [0.5, 0.6) is 0 Å². The number of carbonyl (C=O) groups excluding carboxylic acids is 1. The highest BCUT2D eigenvalue weighted by molar-refractivity contribution is 6.06. The van der Waals surface area contributed by atoms with Crippen LogP contribution in [0.25, 0.3) is 6.08 Å². The van der Waals surface area contributed by atoms with E-state index >= 15 is 0 Å². The number of carbonyl (C=O) groups is 2. The van der Waals surface area contributed by atoms with Gasteiger partial charge in [-0.15, -0.1) is 0 Å². The molecule has 0 saturated heterocycles. The maximum atomic E-state index is 11.9. The van der Waals surface area contributed by atoms with E-state index in [-0.39, 0.29) is 22.5 Å². The SMILES string of the molecule is O=C(C=Cc1ccccc1[N+](=O)[O-])Nc1ccccc1C(=O)O. The molecule has 0 heterocycles. The largest absolute Gasteiger partial charge is 0.478 e. The molecule has 0 unspecified atom stereocenters. The molecule has 2 aromatic carbocycles. The zero-order valence-electron chi connectivity index (χ0n) is 11.8. The van der Waals surface area contributed by atoms with E-state index in [1.165, 1.54) is 36.4 Å². The van der Waals surface area contributed by atoms with E-state index in [0.717, 1.165) is 6.08 Å². The number of nitrogens with one attached hydrogen (secondary N) is 1. The van der Waals surface area contributed by atoms with Gasteiger partial charge in [0.15, 0.2) is 0 Å². The van der Waals surface area contributed by atoms with Gasteiger partial charge in [0.25, 0.3) is 5.69 Å². The standard InChI is InChI=1S/C16H12N2O5/c19-15(17-13-7-3-2-6-12(13)16(20)21)10-9-11-5-1-4-8-14(11)18(22)23/h1-10H,(H,17,19)(H,20,21). The Balaban J connectivity index is 2.18. The molecule has 0 fully saturated rings. The molecule has 0 aliphatic heterocycles. The van der Waals surface area contributed by atoms with Gasteiger partial charge in [-0.25, -0.2) is 4.79 Å². The first-order valence-corrected chi connectivity index (χ1v) is 6.54. The lowest BCUT2D eigenvalue weighted by Gasteiger charge is -2.05. The number of hydrogen-bond donors (Lipinski definition) is 2. The molecule has 0 aliphatic carbocycles. The maximum absolute atomic E-state index is 11.9. The van der Waals surface area contributed by atoms with Crippen molar-refractivity contribution in [1.29, 1.82) is 0 Å². The average Bonchev–Trinajstić information content (AvgIpc) is 2.53. The number of nitro benzene ring substituents is 1. The second-order valence-corrected chi connectivity index (χ2v) is 4.49. The third kappa shape index (κ3) is 4.01. The van der Waals surface area contributed by atoms with E-state index in [4.69, 9.17) is 5.11 Å². The van der Waals surface area contributed by atoms with Crippen LogP contribution in [0.15, 0.2) is 54.6 Å². The molecular weight excluding hydrogens is 300 g/mol. The Labute approximate surface area is 131 Å². The van der Waals surface area contributed by atoms with Gasteiger partial charge < -0.3 is 10.4 Å². The zero-order chi connectivity index (χ0) is 16.8. The normalized spacial score (nSPS) is 10.4. The van der Waals surface area contributed by atoms with Gasteiger partial charge in [-0.05, 0) is 24.3 Å². The van der Waals surface area contributed by atoms with Crippen molar-refractivity contribution in [3.63, 3.8) is 0 Å². The molecule has 2 aromatic rings. The number of nitro groups is 1.